The van der Waals surface area contributed by atoms with Gasteiger partial charge in [-0.05, 0) is 19.5 Å². The van der Waals surface area contributed by atoms with Gasteiger partial charge < -0.3 is 5.32 Å². The first-order chi connectivity index (χ1) is 5.24. The number of rotatable bonds is 3. The Hall–Kier alpha value is -0.830. The summed E-state index contributed by atoms with van der Waals surface area (Å²) in [6, 6.07) is 2.10. The van der Waals surface area contributed by atoms with Gasteiger partial charge in [-0.15, -0.1) is 0 Å². The lowest BCUT2D eigenvalue weighted by Gasteiger charge is -1.94. The first-order valence-corrected chi connectivity index (χ1v) is 3.94. The molecular weight excluding hydrogens is 138 g/mol. The minimum absolute atomic E-state index is 0.873. The van der Waals surface area contributed by atoms with E-state index in [1.807, 2.05) is 11.7 Å². The molecular formula is C8H15N3. The molecule has 1 N–H and O–H groups in total. The molecule has 3 nitrogen and oxygen atoms in total. The van der Waals surface area contributed by atoms with Crippen LogP contribution in [-0.2, 0) is 13.6 Å². The monoisotopic (exact) mass is 153 g/mol. The predicted molar refractivity (Wildman–Crippen MR) is 45.3 cm³/mol. The highest BCUT2D eigenvalue weighted by Gasteiger charge is 1.98. The van der Waals surface area contributed by atoms with Gasteiger partial charge in [0, 0.05) is 19.3 Å². The van der Waals surface area contributed by atoms with Crippen molar-refractivity contribution >= 4 is 0 Å². The largest absolute Gasteiger partial charge is 0.311 e. The number of nitrogens with zero attached hydrogens (tertiary/aromatic N) is 2. The maximum absolute atomic E-state index is 4.30. The number of nitrogens with one attached hydrogen (secondary N) is 1. The molecule has 0 saturated carbocycles. The summed E-state index contributed by atoms with van der Waals surface area (Å²) in [6.07, 6.45) is 0. The van der Waals surface area contributed by atoms with E-state index >= 15 is 0 Å². The molecule has 1 aromatic heterocycles. The van der Waals surface area contributed by atoms with Gasteiger partial charge in [0.15, 0.2) is 0 Å². The molecule has 62 valence electrons. The molecule has 0 fully saturated rings. The third-order valence-electron chi connectivity index (χ3n) is 1.72. The Morgan fingerprint density at radius 3 is 2.82 bits per heavy atom. The van der Waals surface area contributed by atoms with Crippen LogP contribution in [0.1, 0.15) is 18.3 Å². The average molecular weight is 153 g/mol. The fourth-order valence-electron chi connectivity index (χ4n) is 0.974. The van der Waals surface area contributed by atoms with E-state index in [9.17, 15) is 0 Å². The molecule has 1 aromatic rings. The summed E-state index contributed by atoms with van der Waals surface area (Å²) >= 11 is 0. The molecule has 0 radical (unpaired) electrons. The smallest absolute Gasteiger partial charge is 0.0765 e. The number of aryl methyl sites for hydroxylation is 2. The van der Waals surface area contributed by atoms with Crippen molar-refractivity contribution in [2.24, 2.45) is 7.05 Å². The molecule has 1 heterocycles. The Morgan fingerprint density at radius 2 is 2.36 bits per heavy atom. The van der Waals surface area contributed by atoms with Crippen molar-refractivity contribution in [3.05, 3.63) is 17.5 Å². The summed E-state index contributed by atoms with van der Waals surface area (Å²) in [5.41, 5.74) is 2.32. The van der Waals surface area contributed by atoms with Crippen molar-refractivity contribution in [1.29, 1.82) is 0 Å². The fraction of sp³-hybridized carbons (Fsp3) is 0.625. The van der Waals surface area contributed by atoms with Crippen LogP contribution in [0.2, 0.25) is 0 Å². The van der Waals surface area contributed by atoms with Gasteiger partial charge >= 0.3 is 0 Å². The lowest BCUT2D eigenvalue weighted by Crippen LogP contribution is -2.12. The molecule has 3 heteroatoms. The Balaban J connectivity index is 2.58. The van der Waals surface area contributed by atoms with Gasteiger partial charge in [-0.25, -0.2) is 0 Å². The van der Waals surface area contributed by atoms with Crippen LogP contribution in [0.15, 0.2) is 6.07 Å². The van der Waals surface area contributed by atoms with Crippen LogP contribution >= 0.6 is 0 Å². The SMILES string of the molecule is CCNCc1cc(C)n(C)n1. The molecule has 0 aliphatic heterocycles. The van der Waals surface area contributed by atoms with E-state index in [4.69, 9.17) is 0 Å². The highest BCUT2D eigenvalue weighted by atomic mass is 15.3. The topological polar surface area (TPSA) is 29.9 Å². The maximum atomic E-state index is 4.30. The van der Waals surface area contributed by atoms with E-state index in [0.717, 1.165) is 18.8 Å². The van der Waals surface area contributed by atoms with Gasteiger partial charge in [0.2, 0.25) is 0 Å². The zero-order valence-electron chi connectivity index (χ0n) is 7.39. The Bertz CT molecular complexity index is 208. The second-order valence-electron chi connectivity index (χ2n) is 2.68. The molecule has 0 unspecified atom stereocenters. The van der Waals surface area contributed by atoms with Crippen LogP contribution in [0, 0.1) is 6.92 Å². The molecule has 0 saturated heterocycles. The molecule has 0 bridgehead atoms. The molecule has 0 aliphatic carbocycles. The summed E-state index contributed by atoms with van der Waals surface area (Å²) in [5, 5.41) is 7.53. The molecule has 11 heavy (non-hydrogen) atoms. The Labute approximate surface area is 67.4 Å². The van der Waals surface area contributed by atoms with Crippen LogP contribution < -0.4 is 5.32 Å². The van der Waals surface area contributed by atoms with Gasteiger partial charge in [0.05, 0.1) is 5.69 Å². The van der Waals surface area contributed by atoms with Gasteiger partial charge in [-0.2, -0.15) is 5.10 Å². The fourth-order valence-corrected chi connectivity index (χ4v) is 0.974. The van der Waals surface area contributed by atoms with E-state index in [1.165, 1.54) is 5.69 Å². The van der Waals surface area contributed by atoms with Crippen LogP contribution in [0.5, 0.6) is 0 Å². The molecule has 0 amide bonds. The zero-order valence-corrected chi connectivity index (χ0v) is 7.39. The lowest BCUT2D eigenvalue weighted by atomic mass is 10.4. The molecule has 0 atom stereocenters. The average Bonchev–Trinajstić information content (AvgIpc) is 2.28. The van der Waals surface area contributed by atoms with Gasteiger partial charge in [-0.1, -0.05) is 6.92 Å². The van der Waals surface area contributed by atoms with E-state index in [0.29, 0.717) is 0 Å². The van der Waals surface area contributed by atoms with Crippen molar-refractivity contribution in [2.45, 2.75) is 20.4 Å². The van der Waals surface area contributed by atoms with E-state index in [-0.39, 0.29) is 0 Å². The number of hydrogen-bond acceptors (Lipinski definition) is 2. The summed E-state index contributed by atoms with van der Waals surface area (Å²) < 4.78 is 1.90. The minimum atomic E-state index is 0.873. The maximum Gasteiger partial charge on any atom is 0.0765 e. The highest BCUT2D eigenvalue weighted by molar-refractivity contribution is 5.07. The second-order valence-corrected chi connectivity index (χ2v) is 2.68. The summed E-state index contributed by atoms with van der Waals surface area (Å²) in [7, 11) is 1.96. The van der Waals surface area contributed by atoms with Gasteiger partial charge in [0.25, 0.3) is 0 Å². The van der Waals surface area contributed by atoms with Crippen LogP contribution in [-0.4, -0.2) is 16.3 Å². The predicted octanol–water partition coefficient (Wildman–Crippen LogP) is 0.838. The van der Waals surface area contributed by atoms with Crippen molar-refractivity contribution in [3.63, 3.8) is 0 Å². The zero-order chi connectivity index (χ0) is 8.27. The van der Waals surface area contributed by atoms with Crippen molar-refractivity contribution in [2.75, 3.05) is 6.54 Å². The van der Waals surface area contributed by atoms with Gasteiger partial charge in [-0.3, -0.25) is 4.68 Å². The van der Waals surface area contributed by atoms with E-state index in [1.54, 1.807) is 0 Å². The number of aromatic nitrogens is 2. The van der Waals surface area contributed by atoms with Crippen LogP contribution in [0.25, 0.3) is 0 Å². The third kappa shape index (κ3) is 2.05. The van der Waals surface area contributed by atoms with Crippen molar-refractivity contribution in [1.82, 2.24) is 15.1 Å². The second kappa shape index (κ2) is 3.53. The first kappa shape index (κ1) is 8.27. The Kier molecular flexibility index (Phi) is 2.65. The summed E-state index contributed by atoms with van der Waals surface area (Å²) in [5.74, 6) is 0. The molecule has 0 spiro atoms. The van der Waals surface area contributed by atoms with E-state index in [2.05, 4.69) is 30.3 Å². The third-order valence-corrected chi connectivity index (χ3v) is 1.72. The van der Waals surface area contributed by atoms with Gasteiger partial charge in [0.1, 0.15) is 0 Å². The normalized spacial score (nSPS) is 10.5. The summed E-state index contributed by atoms with van der Waals surface area (Å²) in [6.45, 7) is 6.02. The first-order valence-electron chi connectivity index (χ1n) is 3.94. The number of hydrogen-bond donors (Lipinski definition) is 1. The lowest BCUT2D eigenvalue weighted by molar-refractivity contribution is 0.671. The molecule has 0 aromatic carbocycles. The Morgan fingerprint density at radius 1 is 1.64 bits per heavy atom. The molecule has 1 rings (SSSR count). The quantitative estimate of drug-likeness (QED) is 0.697. The summed E-state index contributed by atoms with van der Waals surface area (Å²) in [4.78, 5) is 0. The van der Waals surface area contributed by atoms with Crippen LogP contribution in [0.3, 0.4) is 0 Å². The minimum Gasteiger partial charge on any atom is -0.311 e. The van der Waals surface area contributed by atoms with E-state index < -0.39 is 0 Å². The van der Waals surface area contributed by atoms with Crippen molar-refractivity contribution < 1.29 is 0 Å². The van der Waals surface area contributed by atoms with Crippen LogP contribution in [0.4, 0.5) is 0 Å². The van der Waals surface area contributed by atoms with Crippen molar-refractivity contribution in [3.8, 4) is 0 Å². The molecule has 0 aliphatic rings. The standard InChI is InChI=1S/C8H15N3/c1-4-9-6-8-5-7(2)11(3)10-8/h5,9H,4,6H2,1-3H3. The highest BCUT2D eigenvalue weighted by Crippen LogP contribution is 1.99.